The Kier molecular flexibility index (Phi) is 10.2. The lowest BCUT2D eigenvalue weighted by Crippen LogP contribution is -2.20. The predicted octanol–water partition coefficient (Wildman–Crippen LogP) is 1.95. The summed E-state index contributed by atoms with van der Waals surface area (Å²) in [5.41, 5.74) is 6.83. The highest BCUT2D eigenvalue weighted by molar-refractivity contribution is 7.85. The van der Waals surface area contributed by atoms with E-state index in [4.69, 9.17) is 25.2 Å². The van der Waals surface area contributed by atoms with Crippen LogP contribution in [0.15, 0.2) is 48.5 Å². The van der Waals surface area contributed by atoms with Crippen molar-refractivity contribution in [1.29, 1.82) is 5.41 Å². The molecule has 0 fully saturated rings. The molecule has 0 spiro atoms. The van der Waals surface area contributed by atoms with Crippen LogP contribution in [0.25, 0.3) is 0 Å². The van der Waals surface area contributed by atoms with Crippen LogP contribution in [0, 0.1) is 5.41 Å². The highest BCUT2D eigenvalue weighted by Crippen LogP contribution is 2.21. The summed E-state index contributed by atoms with van der Waals surface area (Å²) >= 11 is 0. The van der Waals surface area contributed by atoms with Crippen molar-refractivity contribution in [3.05, 3.63) is 59.7 Å². The van der Waals surface area contributed by atoms with Gasteiger partial charge in [-0.05, 0) is 55.8 Å². The Morgan fingerprint density at radius 3 is 2.06 bits per heavy atom. The summed E-state index contributed by atoms with van der Waals surface area (Å²) < 4.78 is 36.1. The number of Topliss-reactive ketones (excluding diaryl/α,β-unsaturated/α-hetero) is 1. The lowest BCUT2D eigenvalue weighted by molar-refractivity contribution is -0.148. The number of hydrogen-bond acceptors (Lipinski definition) is 8. The highest BCUT2D eigenvalue weighted by Gasteiger charge is 2.18. The first kappa shape index (κ1) is 27.3. The van der Waals surface area contributed by atoms with Gasteiger partial charge >= 0.3 is 11.9 Å². The molecule has 0 aliphatic heterocycles. The van der Waals surface area contributed by atoms with E-state index in [0.717, 1.165) is 0 Å². The highest BCUT2D eigenvalue weighted by atomic mass is 32.2. The summed E-state index contributed by atoms with van der Waals surface area (Å²) in [7, 11) is -3.67. The van der Waals surface area contributed by atoms with E-state index in [1.807, 2.05) is 0 Å². The van der Waals surface area contributed by atoms with E-state index in [2.05, 4.69) is 5.32 Å². The first-order valence-corrected chi connectivity index (χ1v) is 11.2. The number of guanidine groups is 1. The number of rotatable bonds is 7. The van der Waals surface area contributed by atoms with E-state index >= 15 is 0 Å². The van der Waals surface area contributed by atoms with Crippen LogP contribution < -0.4 is 15.8 Å². The number of hydrogen-bond donors (Lipinski definition) is 4. The van der Waals surface area contributed by atoms with Crippen LogP contribution in [0.2, 0.25) is 0 Å². The Balaban J connectivity index is 0.000000981. The Labute approximate surface area is 191 Å². The SMILES string of the molecule is CC(=O)COC(=O)C(C)c1ccc(OC(=O)c2ccc(NC(=N)N)cc2)cc1.CS(=O)(=O)O. The van der Waals surface area contributed by atoms with E-state index in [9.17, 15) is 22.8 Å². The molecule has 178 valence electrons. The molecular weight excluding hydrogens is 454 g/mol. The molecule has 0 saturated heterocycles. The number of benzene rings is 2. The van der Waals surface area contributed by atoms with Crippen molar-refractivity contribution in [3.63, 3.8) is 0 Å². The van der Waals surface area contributed by atoms with Gasteiger partial charge in [0.05, 0.1) is 17.7 Å². The second kappa shape index (κ2) is 12.3. The maximum Gasteiger partial charge on any atom is 0.343 e. The number of anilines is 1. The smallest absolute Gasteiger partial charge is 0.343 e. The van der Waals surface area contributed by atoms with Crippen molar-refractivity contribution in [2.24, 2.45) is 5.73 Å². The fourth-order valence-corrected chi connectivity index (χ4v) is 2.27. The second-order valence-corrected chi connectivity index (χ2v) is 8.31. The summed E-state index contributed by atoms with van der Waals surface area (Å²) in [5.74, 6) is -1.70. The van der Waals surface area contributed by atoms with Gasteiger partial charge in [-0.2, -0.15) is 8.42 Å². The van der Waals surface area contributed by atoms with Gasteiger partial charge in [0.25, 0.3) is 10.1 Å². The summed E-state index contributed by atoms with van der Waals surface area (Å²) in [6, 6.07) is 12.8. The van der Waals surface area contributed by atoms with Crippen molar-refractivity contribution in [1.82, 2.24) is 0 Å². The molecule has 5 N–H and O–H groups in total. The molecule has 2 aromatic rings. The van der Waals surface area contributed by atoms with Crippen LogP contribution in [-0.4, -0.2) is 49.5 Å². The van der Waals surface area contributed by atoms with Gasteiger partial charge in [0.15, 0.2) is 11.7 Å². The molecule has 0 aliphatic rings. The van der Waals surface area contributed by atoms with Crippen molar-refractivity contribution in [2.45, 2.75) is 19.8 Å². The number of ketones is 1. The quantitative estimate of drug-likeness (QED) is 0.150. The molecule has 0 amide bonds. The monoisotopic (exact) mass is 479 g/mol. The molecule has 1 unspecified atom stereocenters. The van der Waals surface area contributed by atoms with E-state index in [0.29, 0.717) is 28.8 Å². The van der Waals surface area contributed by atoms with E-state index in [1.165, 1.54) is 6.92 Å². The van der Waals surface area contributed by atoms with Crippen molar-refractivity contribution in [2.75, 3.05) is 18.2 Å². The van der Waals surface area contributed by atoms with Crippen LogP contribution in [0.3, 0.4) is 0 Å². The average molecular weight is 480 g/mol. The fraction of sp³-hybridized carbons (Fsp3) is 0.238. The van der Waals surface area contributed by atoms with Gasteiger partial charge in [-0.1, -0.05) is 12.1 Å². The minimum atomic E-state index is -3.67. The molecule has 0 saturated carbocycles. The van der Waals surface area contributed by atoms with Crippen LogP contribution >= 0.6 is 0 Å². The van der Waals surface area contributed by atoms with E-state index in [-0.39, 0.29) is 18.3 Å². The van der Waals surface area contributed by atoms with Gasteiger partial charge in [-0.3, -0.25) is 19.6 Å². The standard InChI is InChI=1S/C20H21N3O5.CH4O3S/c1-12(24)11-27-18(25)13(2)14-5-9-17(10-6-14)28-19(26)15-3-7-16(8-4-15)23-20(21)22;1-5(2,3)4/h3-10,13H,11H2,1-2H3,(H4,21,22,23);1H3,(H,2,3,4). The zero-order valence-electron chi connectivity index (χ0n) is 18.2. The summed E-state index contributed by atoms with van der Waals surface area (Å²) in [4.78, 5) is 35.0. The predicted molar refractivity (Wildman–Crippen MR) is 121 cm³/mol. The van der Waals surface area contributed by atoms with Gasteiger partial charge in [0.2, 0.25) is 0 Å². The normalized spacial score (nSPS) is 11.3. The van der Waals surface area contributed by atoms with Crippen LogP contribution in [0.1, 0.15) is 35.7 Å². The maximum absolute atomic E-state index is 12.2. The zero-order chi connectivity index (χ0) is 25.2. The Morgan fingerprint density at radius 2 is 1.61 bits per heavy atom. The third-order valence-electron chi connectivity index (χ3n) is 3.76. The third-order valence-corrected chi connectivity index (χ3v) is 3.76. The molecular formula is C21H25N3O8S. The number of nitrogens with one attached hydrogen (secondary N) is 2. The maximum atomic E-state index is 12.2. The molecule has 2 rings (SSSR count). The minimum absolute atomic E-state index is 0.199. The van der Waals surface area contributed by atoms with Crippen molar-refractivity contribution in [3.8, 4) is 5.75 Å². The third kappa shape index (κ3) is 11.4. The van der Waals surface area contributed by atoms with Crippen molar-refractivity contribution >= 4 is 39.5 Å². The Hall–Kier alpha value is -3.77. The summed E-state index contributed by atoms with van der Waals surface area (Å²) in [5, 5.41) is 9.78. The van der Waals surface area contributed by atoms with Gasteiger partial charge in [0.1, 0.15) is 12.4 Å². The van der Waals surface area contributed by atoms with Crippen LogP contribution in [0.5, 0.6) is 5.75 Å². The van der Waals surface area contributed by atoms with Gasteiger partial charge in [-0.25, -0.2) is 4.79 Å². The topological polar surface area (TPSA) is 186 Å². The largest absolute Gasteiger partial charge is 0.457 e. The summed E-state index contributed by atoms with van der Waals surface area (Å²) in [6.07, 6.45) is 0.715. The summed E-state index contributed by atoms with van der Waals surface area (Å²) in [6.45, 7) is 2.76. The van der Waals surface area contributed by atoms with Crippen LogP contribution in [-0.2, 0) is 24.4 Å². The molecule has 33 heavy (non-hydrogen) atoms. The van der Waals surface area contributed by atoms with Gasteiger partial charge < -0.3 is 20.5 Å². The van der Waals surface area contributed by atoms with Crippen LogP contribution in [0.4, 0.5) is 5.69 Å². The average Bonchev–Trinajstić information content (AvgIpc) is 2.71. The molecule has 2 aromatic carbocycles. The van der Waals surface area contributed by atoms with Crippen molar-refractivity contribution < 1.29 is 36.8 Å². The van der Waals surface area contributed by atoms with E-state index < -0.39 is 28.0 Å². The molecule has 0 heterocycles. The van der Waals surface area contributed by atoms with Gasteiger partial charge in [0, 0.05) is 5.69 Å². The molecule has 0 radical (unpaired) electrons. The zero-order valence-corrected chi connectivity index (χ0v) is 19.0. The molecule has 0 aromatic heterocycles. The first-order valence-electron chi connectivity index (χ1n) is 9.38. The number of esters is 2. The number of ether oxygens (including phenoxy) is 2. The number of carbonyl (C=O) groups excluding carboxylic acids is 3. The van der Waals surface area contributed by atoms with E-state index in [1.54, 1.807) is 55.5 Å². The fourth-order valence-electron chi connectivity index (χ4n) is 2.27. The molecule has 11 nitrogen and oxygen atoms in total. The number of carbonyl (C=O) groups is 3. The lowest BCUT2D eigenvalue weighted by atomic mass is 10.0. The Morgan fingerprint density at radius 1 is 1.09 bits per heavy atom. The lowest BCUT2D eigenvalue weighted by Gasteiger charge is -2.12. The first-order chi connectivity index (χ1) is 15.3. The Bertz CT molecular complexity index is 1090. The molecule has 12 heteroatoms. The van der Waals surface area contributed by atoms with Gasteiger partial charge in [-0.15, -0.1) is 0 Å². The minimum Gasteiger partial charge on any atom is -0.457 e. The second-order valence-electron chi connectivity index (χ2n) is 6.84. The molecule has 0 aliphatic carbocycles. The molecule has 1 atom stereocenters. The molecule has 0 bridgehead atoms. The number of nitrogens with two attached hydrogens (primary N) is 1.